The Hall–Kier alpha value is -1.23. The third-order valence-corrected chi connectivity index (χ3v) is 1.86. The number of hydrogen-bond acceptors (Lipinski definition) is 2. The fraction of sp³-hybridized carbons (Fsp3) is 0.333. The van der Waals surface area contributed by atoms with Crippen LogP contribution in [0.5, 0.6) is 0 Å². The standard InChI is InChI=1S/C9H10F3NO/c1-5(14)7-3-2-6(4-8(7)13)9(10,11)12/h2-5,14H,13H2,1H3. The Morgan fingerprint density at radius 1 is 1.36 bits per heavy atom. The van der Waals surface area contributed by atoms with E-state index in [4.69, 9.17) is 10.8 Å². The average molecular weight is 205 g/mol. The number of halogens is 3. The molecular weight excluding hydrogens is 195 g/mol. The zero-order chi connectivity index (χ0) is 10.9. The second-order valence-electron chi connectivity index (χ2n) is 3.02. The Morgan fingerprint density at radius 3 is 2.29 bits per heavy atom. The van der Waals surface area contributed by atoms with Crippen LogP contribution in [0.15, 0.2) is 18.2 Å². The third kappa shape index (κ3) is 2.17. The highest BCUT2D eigenvalue weighted by Crippen LogP contribution is 2.32. The van der Waals surface area contributed by atoms with Crippen LogP contribution in [0.2, 0.25) is 0 Å². The molecule has 0 saturated heterocycles. The summed E-state index contributed by atoms with van der Waals surface area (Å²) in [5.41, 5.74) is 4.81. The van der Waals surface area contributed by atoms with Crippen molar-refractivity contribution >= 4 is 5.69 Å². The Balaban J connectivity index is 3.13. The van der Waals surface area contributed by atoms with Crippen LogP contribution in [0.25, 0.3) is 0 Å². The van der Waals surface area contributed by atoms with E-state index in [1.165, 1.54) is 13.0 Å². The highest BCUT2D eigenvalue weighted by atomic mass is 19.4. The molecule has 0 radical (unpaired) electrons. The van der Waals surface area contributed by atoms with Gasteiger partial charge in [-0.3, -0.25) is 0 Å². The van der Waals surface area contributed by atoms with E-state index >= 15 is 0 Å². The smallest absolute Gasteiger partial charge is 0.398 e. The molecule has 14 heavy (non-hydrogen) atoms. The molecule has 0 saturated carbocycles. The van der Waals surface area contributed by atoms with Gasteiger partial charge in [0.1, 0.15) is 0 Å². The van der Waals surface area contributed by atoms with Gasteiger partial charge in [-0.2, -0.15) is 13.2 Å². The predicted molar refractivity (Wildman–Crippen MR) is 46.5 cm³/mol. The van der Waals surface area contributed by atoms with Crippen LogP contribution < -0.4 is 5.73 Å². The van der Waals surface area contributed by atoms with Gasteiger partial charge in [0.05, 0.1) is 11.7 Å². The zero-order valence-corrected chi connectivity index (χ0v) is 7.47. The minimum atomic E-state index is -4.40. The third-order valence-electron chi connectivity index (χ3n) is 1.86. The molecule has 1 atom stereocenters. The van der Waals surface area contributed by atoms with Gasteiger partial charge >= 0.3 is 6.18 Å². The fourth-order valence-electron chi connectivity index (χ4n) is 1.13. The lowest BCUT2D eigenvalue weighted by atomic mass is 10.1. The van der Waals surface area contributed by atoms with Gasteiger partial charge in [-0.1, -0.05) is 6.07 Å². The summed E-state index contributed by atoms with van der Waals surface area (Å²) in [4.78, 5) is 0. The summed E-state index contributed by atoms with van der Waals surface area (Å²) in [6, 6.07) is 2.91. The summed E-state index contributed by atoms with van der Waals surface area (Å²) in [7, 11) is 0. The Morgan fingerprint density at radius 2 is 1.93 bits per heavy atom. The van der Waals surface area contributed by atoms with E-state index in [2.05, 4.69) is 0 Å². The van der Waals surface area contributed by atoms with Crippen LogP contribution in [-0.4, -0.2) is 5.11 Å². The molecule has 1 aromatic rings. The quantitative estimate of drug-likeness (QED) is 0.691. The van der Waals surface area contributed by atoms with Gasteiger partial charge in [-0.15, -0.1) is 0 Å². The molecule has 0 aliphatic carbocycles. The van der Waals surface area contributed by atoms with Gasteiger partial charge in [0.2, 0.25) is 0 Å². The Kier molecular flexibility index (Phi) is 2.71. The molecule has 3 N–H and O–H groups in total. The normalized spacial score (nSPS) is 14.1. The van der Waals surface area contributed by atoms with Crippen molar-refractivity contribution < 1.29 is 18.3 Å². The highest BCUT2D eigenvalue weighted by molar-refractivity contribution is 5.50. The molecule has 1 rings (SSSR count). The molecular formula is C9H10F3NO. The van der Waals surface area contributed by atoms with Crippen LogP contribution in [0.1, 0.15) is 24.2 Å². The molecule has 0 bridgehead atoms. The molecule has 0 amide bonds. The number of nitrogen functional groups attached to an aromatic ring is 1. The summed E-state index contributed by atoms with van der Waals surface area (Å²) >= 11 is 0. The van der Waals surface area contributed by atoms with Crippen molar-refractivity contribution in [2.75, 3.05) is 5.73 Å². The van der Waals surface area contributed by atoms with Crippen LogP contribution in [-0.2, 0) is 6.18 Å². The van der Waals surface area contributed by atoms with E-state index in [0.29, 0.717) is 5.56 Å². The molecule has 2 nitrogen and oxygen atoms in total. The molecule has 0 fully saturated rings. The van der Waals surface area contributed by atoms with E-state index in [0.717, 1.165) is 12.1 Å². The van der Waals surface area contributed by atoms with Gasteiger partial charge in [0, 0.05) is 11.3 Å². The van der Waals surface area contributed by atoms with Crippen molar-refractivity contribution in [1.82, 2.24) is 0 Å². The second kappa shape index (κ2) is 3.49. The summed E-state index contributed by atoms with van der Waals surface area (Å²) in [5.74, 6) is 0. The molecule has 5 heteroatoms. The number of aliphatic hydroxyl groups is 1. The monoisotopic (exact) mass is 205 g/mol. The number of rotatable bonds is 1. The van der Waals surface area contributed by atoms with Gasteiger partial charge in [0.15, 0.2) is 0 Å². The maximum atomic E-state index is 12.2. The first-order valence-corrected chi connectivity index (χ1v) is 3.97. The first-order valence-electron chi connectivity index (χ1n) is 3.97. The lowest BCUT2D eigenvalue weighted by Gasteiger charge is -2.12. The molecule has 1 aromatic carbocycles. The predicted octanol–water partition coefficient (Wildman–Crippen LogP) is 2.34. The van der Waals surface area contributed by atoms with Gasteiger partial charge in [-0.05, 0) is 19.1 Å². The fourth-order valence-corrected chi connectivity index (χ4v) is 1.13. The van der Waals surface area contributed by atoms with Crippen LogP contribution in [0.4, 0.5) is 18.9 Å². The number of anilines is 1. The maximum Gasteiger partial charge on any atom is 0.416 e. The molecule has 1 unspecified atom stereocenters. The number of hydrogen-bond donors (Lipinski definition) is 2. The van der Waals surface area contributed by atoms with Gasteiger partial charge in [0.25, 0.3) is 0 Å². The summed E-state index contributed by atoms with van der Waals surface area (Å²) in [6.07, 6.45) is -5.26. The van der Waals surface area contributed by atoms with E-state index in [1.807, 2.05) is 0 Å². The summed E-state index contributed by atoms with van der Waals surface area (Å²) < 4.78 is 36.5. The minimum absolute atomic E-state index is 0.0465. The van der Waals surface area contributed by atoms with Gasteiger partial charge in [-0.25, -0.2) is 0 Å². The van der Waals surface area contributed by atoms with E-state index in [-0.39, 0.29) is 5.69 Å². The van der Waals surface area contributed by atoms with Gasteiger partial charge < -0.3 is 10.8 Å². The maximum absolute atomic E-state index is 12.2. The largest absolute Gasteiger partial charge is 0.416 e. The summed E-state index contributed by atoms with van der Waals surface area (Å²) in [6.45, 7) is 1.44. The molecule has 78 valence electrons. The first kappa shape index (κ1) is 10.8. The molecule has 0 heterocycles. The van der Waals surface area contributed by atoms with Crippen molar-refractivity contribution in [2.24, 2.45) is 0 Å². The van der Waals surface area contributed by atoms with Crippen molar-refractivity contribution in [3.05, 3.63) is 29.3 Å². The van der Waals surface area contributed by atoms with Crippen LogP contribution in [0.3, 0.4) is 0 Å². The molecule has 0 aliphatic heterocycles. The Bertz CT molecular complexity index is 333. The minimum Gasteiger partial charge on any atom is -0.398 e. The van der Waals surface area contributed by atoms with Crippen molar-refractivity contribution in [3.63, 3.8) is 0 Å². The highest BCUT2D eigenvalue weighted by Gasteiger charge is 2.30. The topological polar surface area (TPSA) is 46.2 Å². The van der Waals surface area contributed by atoms with E-state index < -0.39 is 17.8 Å². The number of alkyl halides is 3. The Labute approximate surface area is 79.2 Å². The van der Waals surface area contributed by atoms with Crippen LogP contribution in [0, 0.1) is 0 Å². The number of aliphatic hydroxyl groups excluding tert-OH is 1. The summed E-state index contributed by atoms with van der Waals surface area (Å²) in [5, 5.41) is 9.14. The number of benzene rings is 1. The SMILES string of the molecule is CC(O)c1ccc(C(F)(F)F)cc1N. The van der Waals surface area contributed by atoms with E-state index in [9.17, 15) is 13.2 Å². The average Bonchev–Trinajstić information content (AvgIpc) is 2.01. The number of nitrogens with two attached hydrogens (primary N) is 1. The first-order chi connectivity index (χ1) is 6.32. The lowest BCUT2D eigenvalue weighted by Crippen LogP contribution is -2.07. The van der Waals surface area contributed by atoms with Crippen LogP contribution >= 0.6 is 0 Å². The zero-order valence-electron chi connectivity index (χ0n) is 7.47. The van der Waals surface area contributed by atoms with Crippen molar-refractivity contribution in [2.45, 2.75) is 19.2 Å². The molecule has 0 aliphatic rings. The van der Waals surface area contributed by atoms with Crippen molar-refractivity contribution in [3.8, 4) is 0 Å². The molecule has 0 aromatic heterocycles. The second-order valence-corrected chi connectivity index (χ2v) is 3.02. The van der Waals surface area contributed by atoms with E-state index in [1.54, 1.807) is 0 Å². The van der Waals surface area contributed by atoms with Crippen molar-refractivity contribution in [1.29, 1.82) is 0 Å². The molecule has 0 spiro atoms. The lowest BCUT2D eigenvalue weighted by molar-refractivity contribution is -0.137.